The van der Waals surface area contributed by atoms with E-state index >= 15 is 0 Å². The summed E-state index contributed by atoms with van der Waals surface area (Å²) in [5.41, 5.74) is 2.63. The smallest absolute Gasteiger partial charge is 0.151 e. The Hall–Kier alpha value is -1.92. The fraction of sp³-hybridized carbons (Fsp3) is 0.389. The fourth-order valence-corrected chi connectivity index (χ4v) is 3.68. The third kappa shape index (κ3) is 4.79. The largest absolute Gasteiger partial charge is 0.490 e. The quantitative estimate of drug-likeness (QED) is 0.870. The molecule has 2 heterocycles. The maximum absolute atomic E-state index is 11.5. The molecule has 3 rings (SSSR count). The van der Waals surface area contributed by atoms with Crippen molar-refractivity contribution in [1.82, 2.24) is 10.3 Å². The Labute approximate surface area is 143 Å². The fourth-order valence-electron chi connectivity index (χ4n) is 2.89. The SMILES string of the molecule is CS(=O)(=O)Cc1cccc(-c2cncc(OC[C@@H]3CCCN3)c2)c1. The van der Waals surface area contributed by atoms with Crippen molar-refractivity contribution >= 4 is 9.84 Å². The lowest BCUT2D eigenvalue weighted by Crippen LogP contribution is -2.28. The molecule has 1 atom stereocenters. The van der Waals surface area contributed by atoms with Gasteiger partial charge in [0.25, 0.3) is 0 Å². The van der Waals surface area contributed by atoms with Gasteiger partial charge >= 0.3 is 0 Å². The number of ether oxygens (including phenoxy) is 1. The second kappa shape index (κ2) is 7.32. The minimum atomic E-state index is -3.05. The predicted octanol–water partition coefficient (Wildman–Crippen LogP) is 2.42. The molecule has 1 aromatic carbocycles. The lowest BCUT2D eigenvalue weighted by atomic mass is 10.1. The van der Waals surface area contributed by atoms with E-state index in [4.69, 9.17) is 4.74 Å². The van der Waals surface area contributed by atoms with Crippen LogP contribution in [0.4, 0.5) is 0 Å². The highest BCUT2D eigenvalue weighted by molar-refractivity contribution is 7.89. The van der Waals surface area contributed by atoms with Crippen molar-refractivity contribution < 1.29 is 13.2 Å². The van der Waals surface area contributed by atoms with Crippen LogP contribution in [-0.4, -0.2) is 38.9 Å². The van der Waals surface area contributed by atoms with Gasteiger partial charge in [-0.2, -0.15) is 0 Å². The molecular weight excluding hydrogens is 324 g/mol. The Morgan fingerprint density at radius 2 is 2.12 bits per heavy atom. The summed E-state index contributed by atoms with van der Waals surface area (Å²) in [6.07, 6.45) is 7.05. The molecule has 0 bridgehead atoms. The first kappa shape index (κ1) is 16.9. The maximum Gasteiger partial charge on any atom is 0.151 e. The van der Waals surface area contributed by atoms with Crippen LogP contribution in [0.3, 0.4) is 0 Å². The number of hydrogen-bond donors (Lipinski definition) is 1. The summed E-state index contributed by atoms with van der Waals surface area (Å²) in [6.45, 7) is 1.69. The molecule has 1 saturated heterocycles. The molecule has 0 amide bonds. The number of hydrogen-bond acceptors (Lipinski definition) is 5. The average Bonchev–Trinajstić information content (AvgIpc) is 3.05. The molecule has 0 saturated carbocycles. The standard InChI is InChI=1S/C18H22N2O3S/c1-24(21,22)13-14-4-2-5-15(8-14)16-9-18(11-19-10-16)23-12-17-6-3-7-20-17/h2,4-5,8-11,17,20H,3,6-7,12-13H2,1H3/t17-/m0/s1. The summed E-state index contributed by atoms with van der Waals surface area (Å²) < 4.78 is 28.8. The monoisotopic (exact) mass is 346 g/mol. The maximum atomic E-state index is 11.5. The molecular formula is C18H22N2O3S. The van der Waals surface area contributed by atoms with E-state index in [9.17, 15) is 8.42 Å². The van der Waals surface area contributed by atoms with Gasteiger partial charge in [0.1, 0.15) is 12.4 Å². The van der Waals surface area contributed by atoms with Crippen LogP contribution in [0.1, 0.15) is 18.4 Å². The van der Waals surface area contributed by atoms with Crippen molar-refractivity contribution in [3.63, 3.8) is 0 Å². The third-order valence-corrected chi connectivity index (χ3v) is 4.87. The molecule has 128 valence electrons. The lowest BCUT2D eigenvalue weighted by molar-refractivity contribution is 0.276. The van der Waals surface area contributed by atoms with Crippen molar-refractivity contribution in [1.29, 1.82) is 0 Å². The van der Waals surface area contributed by atoms with E-state index in [1.165, 1.54) is 12.7 Å². The molecule has 1 N–H and O–H groups in total. The zero-order chi connectivity index (χ0) is 17.0. The lowest BCUT2D eigenvalue weighted by Gasteiger charge is -2.12. The second-order valence-corrected chi connectivity index (χ2v) is 8.42. The number of sulfone groups is 1. The minimum absolute atomic E-state index is 0.0395. The van der Waals surface area contributed by atoms with Crippen LogP contribution < -0.4 is 10.1 Å². The van der Waals surface area contributed by atoms with Gasteiger partial charge in [-0.05, 0) is 36.6 Å². The average molecular weight is 346 g/mol. The molecule has 1 aliphatic rings. The van der Waals surface area contributed by atoms with Gasteiger partial charge in [0.05, 0.1) is 11.9 Å². The van der Waals surface area contributed by atoms with E-state index in [-0.39, 0.29) is 5.75 Å². The van der Waals surface area contributed by atoms with E-state index in [1.807, 2.05) is 30.3 Å². The second-order valence-electron chi connectivity index (χ2n) is 6.28. The van der Waals surface area contributed by atoms with E-state index < -0.39 is 9.84 Å². The van der Waals surface area contributed by atoms with Crippen molar-refractivity contribution in [2.75, 3.05) is 19.4 Å². The number of nitrogens with one attached hydrogen (secondary N) is 1. The Balaban J connectivity index is 1.74. The van der Waals surface area contributed by atoms with Gasteiger partial charge in [-0.15, -0.1) is 0 Å². The third-order valence-electron chi connectivity index (χ3n) is 4.02. The van der Waals surface area contributed by atoms with Crippen molar-refractivity contribution in [3.8, 4) is 16.9 Å². The van der Waals surface area contributed by atoms with Crippen LogP contribution in [0.2, 0.25) is 0 Å². The highest BCUT2D eigenvalue weighted by Gasteiger charge is 2.14. The molecule has 5 nitrogen and oxygen atoms in total. The van der Waals surface area contributed by atoms with E-state index in [1.54, 1.807) is 12.4 Å². The predicted molar refractivity (Wildman–Crippen MR) is 94.7 cm³/mol. The Kier molecular flexibility index (Phi) is 5.16. The van der Waals surface area contributed by atoms with Crippen molar-refractivity contribution in [2.45, 2.75) is 24.6 Å². The summed E-state index contributed by atoms with van der Waals surface area (Å²) in [7, 11) is -3.05. The zero-order valence-electron chi connectivity index (χ0n) is 13.7. The molecule has 0 radical (unpaired) electrons. The van der Waals surface area contributed by atoms with Crippen LogP contribution in [0.5, 0.6) is 5.75 Å². The molecule has 0 aliphatic carbocycles. The van der Waals surface area contributed by atoms with Crippen LogP contribution in [0, 0.1) is 0 Å². The van der Waals surface area contributed by atoms with Gasteiger partial charge in [-0.1, -0.05) is 24.3 Å². The highest BCUT2D eigenvalue weighted by Crippen LogP contribution is 2.24. The van der Waals surface area contributed by atoms with E-state index in [0.29, 0.717) is 12.6 Å². The van der Waals surface area contributed by atoms with Gasteiger partial charge < -0.3 is 10.1 Å². The summed E-state index contributed by atoms with van der Waals surface area (Å²) in [6, 6.07) is 9.88. The summed E-state index contributed by atoms with van der Waals surface area (Å²) in [5, 5.41) is 3.40. The van der Waals surface area contributed by atoms with Crippen LogP contribution >= 0.6 is 0 Å². The number of nitrogens with zero attached hydrogens (tertiary/aromatic N) is 1. The van der Waals surface area contributed by atoms with Gasteiger partial charge in [-0.3, -0.25) is 4.98 Å². The summed E-state index contributed by atoms with van der Waals surface area (Å²) >= 11 is 0. The van der Waals surface area contributed by atoms with Crippen molar-refractivity contribution in [2.24, 2.45) is 0 Å². The highest BCUT2D eigenvalue weighted by atomic mass is 32.2. The molecule has 6 heteroatoms. The minimum Gasteiger partial charge on any atom is -0.490 e. The van der Waals surface area contributed by atoms with Crippen molar-refractivity contribution in [3.05, 3.63) is 48.3 Å². The number of pyridine rings is 1. The summed E-state index contributed by atoms with van der Waals surface area (Å²) in [5.74, 6) is 0.771. The summed E-state index contributed by atoms with van der Waals surface area (Å²) in [4.78, 5) is 4.25. The molecule has 24 heavy (non-hydrogen) atoms. The van der Waals surface area contributed by atoms with Crippen LogP contribution in [-0.2, 0) is 15.6 Å². The molecule has 1 aliphatic heterocycles. The van der Waals surface area contributed by atoms with E-state index in [2.05, 4.69) is 10.3 Å². The molecule has 2 aromatic rings. The zero-order valence-corrected chi connectivity index (χ0v) is 14.6. The number of aromatic nitrogens is 1. The molecule has 0 spiro atoms. The molecule has 0 unspecified atom stereocenters. The van der Waals surface area contributed by atoms with Gasteiger partial charge in [-0.25, -0.2) is 8.42 Å². The normalized spacial score (nSPS) is 17.8. The first-order valence-corrected chi connectivity index (χ1v) is 10.1. The molecule has 1 aromatic heterocycles. The van der Waals surface area contributed by atoms with Gasteiger partial charge in [0.15, 0.2) is 9.84 Å². The van der Waals surface area contributed by atoms with Crippen LogP contribution in [0.15, 0.2) is 42.7 Å². The van der Waals surface area contributed by atoms with Crippen LogP contribution in [0.25, 0.3) is 11.1 Å². The van der Waals surface area contributed by atoms with Gasteiger partial charge in [0, 0.05) is 24.1 Å². The van der Waals surface area contributed by atoms with Gasteiger partial charge in [0.2, 0.25) is 0 Å². The topological polar surface area (TPSA) is 68.3 Å². The Bertz CT molecular complexity index is 799. The Morgan fingerprint density at radius 1 is 1.25 bits per heavy atom. The number of rotatable bonds is 6. The first-order chi connectivity index (χ1) is 11.5. The first-order valence-electron chi connectivity index (χ1n) is 8.08. The Morgan fingerprint density at radius 3 is 2.88 bits per heavy atom. The number of benzene rings is 1. The van der Waals surface area contributed by atoms with E-state index in [0.717, 1.165) is 35.4 Å². The molecule has 1 fully saturated rings.